The Morgan fingerprint density at radius 1 is 1.38 bits per heavy atom. The first-order valence-corrected chi connectivity index (χ1v) is 9.11. The first-order chi connectivity index (χ1) is 10.0. The maximum atomic E-state index is 12.2. The van der Waals surface area contributed by atoms with Crippen LogP contribution in [0.25, 0.3) is 0 Å². The lowest BCUT2D eigenvalue weighted by molar-refractivity contribution is 0.573. The number of sulfone groups is 1. The fraction of sp³-hybridized carbons (Fsp3) is 0.267. The molecule has 1 unspecified atom stereocenters. The Kier molecular flexibility index (Phi) is 5.12. The van der Waals surface area contributed by atoms with Gasteiger partial charge in [-0.15, -0.1) is 0 Å². The summed E-state index contributed by atoms with van der Waals surface area (Å²) in [5, 5.41) is 16.1. The van der Waals surface area contributed by atoms with Crippen molar-refractivity contribution in [1.29, 1.82) is 5.26 Å². The molecule has 2 aromatic rings. The van der Waals surface area contributed by atoms with E-state index in [-0.39, 0.29) is 16.7 Å². The third-order valence-corrected chi connectivity index (χ3v) is 5.60. The molecule has 0 saturated carbocycles. The molecule has 0 amide bonds. The quantitative estimate of drug-likeness (QED) is 0.888. The molecule has 1 aromatic carbocycles. The number of nitrogens with one attached hydrogen (secondary N) is 1. The van der Waals surface area contributed by atoms with Crippen molar-refractivity contribution in [2.24, 2.45) is 0 Å². The molecule has 0 saturated heterocycles. The summed E-state index contributed by atoms with van der Waals surface area (Å²) < 4.78 is 24.4. The SMILES string of the molecule is CC(NCCS(=O)(=O)c1cccc(C#N)c1)c1ccsc1. The molecule has 0 spiro atoms. The van der Waals surface area contributed by atoms with Crippen molar-refractivity contribution in [2.45, 2.75) is 17.9 Å². The number of rotatable bonds is 6. The van der Waals surface area contributed by atoms with Gasteiger partial charge in [-0.05, 0) is 47.5 Å². The van der Waals surface area contributed by atoms with Crippen LogP contribution in [0.4, 0.5) is 0 Å². The summed E-state index contributed by atoms with van der Waals surface area (Å²) in [6, 6.07) is 10.2. The summed E-state index contributed by atoms with van der Waals surface area (Å²) in [7, 11) is -3.37. The topological polar surface area (TPSA) is 70.0 Å². The van der Waals surface area contributed by atoms with Gasteiger partial charge in [-0.25, -0.2) is 8.42 Å². The van der Waals surface area contributed by atoms with E-state index >= 15 is 0 Å². The number of hydrogen-bond acceptors (Lipinski definition) is 5. The van der Waals surface area contributed by atoms with E-state index < -0.39 is 9.84 Å². The van der Waals surface area contributed by atoms with Crippen molar-refractivity contribution in [3.05, 3.63) is 52.2 Å². The smallest absolute Gasteiger partial charge is 0.179 e. The van der Waals surface area contributed by atoms with Crippen LogP contribution >= 0.6 is 11.3 Å². The molecule has 4 nitrogen and oxygen atoms in total. The lowest BCUT2D eigenvalue weighted by Crippen LogP contribution is -2.25. The van der Waals surface area contributed by atoms with E-state index in [4.69, 9.17) is 5.26 Å². The van der Waals surface area contributed by atoms with Gasteiger partial charge >= 0.3 is 0 Å². The van der Waals surface area contributed by atoms with Crippen LogP contribution in [0.5, 0.6) is 0 Å². The lowest BCUT2D eigenvalue weighted by Gasteiger charge is -2.12. The normalized spacial score (nSPS) is 12.8. The maximum Gasteiger partial charge on any atom is 0.179 e. The average molecular weight is 320 g/mol. The molecule has 0 bridgehead atoms. The Morgan fingerprint density at radius 2 is 2.19 bits per heavy atom. The first kappa shape index (κ1) is 15.7. The zero-order chi connectivity index (χ0) is 15.3. The number of hydrogen-bond donors (Lipinski definition) is 1. The van der Waals surface area contributed by atoms with E-state index in [1.165, 1.54) is 12.1 Å². The molecule has 110 valence electrons. The minimum Gasteiger partial charge on any atom is -0.309 e. The Balaban J connectivity index is 1.97. The number of nitriles is 1. The Morgan fingerprint density at radius 3 is 2.86 bits per heavy atom. The van der Waals surface area contributed by atoms with Gasteiger partial charge in [0.25, 0.3) is 0 Å². The number of nitrogens with zero attached hydrogens (tertiary/aromatic N) is 1. The zero-order valence-electron chi connectivity index (χ0n) is 11.6. The molecule has 0 radical (unpaired) electrons. The van der Waals surface area contributed by atoms with Crippen LogP contribution in [0, 0.1) is 11.3 Å². The van der Waals surface area contributed by atoms with Crippen LogP contribution in [0.1, 0.15) is 24.1 Å². The Labute approximate surface area is 129 Å². The molecule has 6 heteroatoms. The summed E-state index contributed by atoms with van der Waals surface area (Å²) in [5.41, 5.74) is 1.51. The summed E-state index contributed by atoms with van der Waals surface area (Å²) in [4.78, 5) is 0.200. The third-order valence-electron chi connectivity index (χ3n) is 3.19. The fourth-order valence-corrected chi connectivity index (χ4v) is 3.89. The van der Waals surface area contributed by atoms with Crippen molar-refractivity contribution in [2.75, 3.05) is 12.3 Å². The second-order valence-electron chi connectivity index (χ2n) is 4.69. The zero-order valence-corrected chi connectivity index (χ0v) is 13.2. The molecule has 21 heavy (non-hydrogen) atoms. The lowest BCUT2D eigenvalue weighted by atomic mass is 10.2. The van der Waals surface area contributed by atoms with E-state index in [0.29, 0.717) is 12.1 Å². The standard InChI is InChI=1S/C15H16N2O2S2/c1-12(14-5-7-20-11-14)17-6-8-21(18,19)15-4-2-3-13(9-15)10-16/h2-5,7,9,11-12,17H,6,8H2,1H3. The summed E-state index contributed by atoms with van der Waals surface area (Å²) in [5.74, 6) is 0.0103. The van der Waals surface area contributed by atoms with Gasteiger partial charge in [0.05, 0.1) is 22.3 Å². The molecule has 1 aromatic heterocycles. The molecular weight excluding hydrogens is 304 g/mol. The van der Waals surface area contributed by atoms with Gasteiger partial charge in [-0.1, -0.05) is 6.07 Å². The largest absolute Gasteiger partial charge is 0.309 e. The average Bonchev–Trinajstić information content (AvgIpc) is 3.01. The summed E-state index contributed by atoms with van der Waals surface area (Å²) in [6.45, 7) is 2.38. The van der Waals surface area contributed by atoms with E-state index in [1.807, 2.05) is 29.8 Å². The Bertz CT molecular complexity index is 731. The number of thiophene rings is 1. The third kappa shape index (κ3) is 4.14. The van der Waals surface area contributed by atoms with Gasteiger partial charge in [0.15, 0.2) is 9.84 Å². The first-order valence-electron chi connectivity index (χ1n) is 6.51. The molecule has 1 heterocycles. The van der Waals surface area contributed by atoms with Crippen LogP contribution in [-0.4, -0.2) is 20.7 Å². The highest BCUT2D eigenvalue weighted by Gasteiger charge is 2.15. The molecule has 0 aliphatic carbocycles. The Hall–Kier alpha value is -1.68. The molecule has 0 fully saturated rings. The van der Waals surface area contributed by atoms with Crippen molar-refractivity contribution in [3.63, 3.8) is 0 Å². The van der Waals surface area contributed by atoms with Crippen LogP contribution in [0.2, 0.25) is 0 Å². The maximum absolute atomic E-state index is 12.2. The summed E-state index contributed by atoms with van der Waals surface area (Å²) in [6.07, 6.45) is 0. The van der Waals surface area contributed by atoms with Gasteiger partial charge in [0, 0.05) is 12.6 Å². The molecule has 1 N–H and O–H groups in total. The van der Waals surface area contributed by atoms with E-state index in [2.05, 4.69) is 5.32 Å². The van der Waals surface area contributed by atoms with Gasteiger partial charge in [0.2, 0.25) is 0 Å². The number of benzene rings is 1. The highest BCUT2D eigenvalue weighted by molar-refractivity contribution is 7.91. The van der Waals surface area contributed by atoms with Crippen LogP contribution < -0.4 is 5.32 Å². The van der Waals surface area contributed by atoms with Crippen molar-refractivity contribution in [3.8, 4) is 6.07 Å². The predicted octanol–water partition coefficient (Wildman–Crippen LogP) is 2.74. The minimum absolute atomic E-state index is 0.0103. The van der Waals surface area contributed by atoms with Crippen LogP contribution in [0.15, 0.2) is 46.0 Å². The second-order valence-corrected chi connectivity index (χ2v) is 7.58. The summed E-state index contributed by atoms with van der Waals surface area (Å²) >= 11 is 1.62. The van der Waals surface area contributed by atoms with Crippen molar-refractivity contribution >= 4 is 21.2 Å². The van der Waals surface area contributed by atoms with E-state index in [1.54, 1.807) is 23.5 Å². The van der Waals surface area contributed by atoms with E-state index in [9.17, 15) is 8.42 Å². The van der Waals surface area contributed by atoms with Gasteiger partial charge in [-0.2, -0.15) is 16.6 Å². The molecule has 0 aliphatic rings. The minimum atomic E-state index is -3.37. The van der Waals surface area contributed by atoms with Gasteiger partial charge < -0.3 is 5.32 Å². The van der Waals surface area contributed by atoms with E-state index in [0.717, 1.165) is 5.56 Å². The van der Waals surface area contributed by atoms with Gasteiger partial charge in [0.1, 0.15) is 0 Å². The van der Waals surface area contributed by atoms with Crippen LogP contribution in [0.3, 0.4) is 0 Å². The highest BCUT2D eigenvalue weighted by Crippen LogP contribution is 2.16. The van der Waals surface area contributed by atoms with Crippen molar-refractivity contribution < 1.29 is 8.42 Å². The van der Waals surface area contributed by atoms with Crippen molar-refractivity contribution in [1.82, 2.24) is 5.32 Å². The second kappa shape index (κ2) is 6.85. The fourth-order valence-electron chi connectivity index (χ4n) is 1.93. The highest BCUT2D eigenvalue weighted by atomic mass is 32.2. The van der Waals surface area contributed by atoms with Crippen LogP contribution in [-0.2, 0) is 9.84 Å². The molecule has 0 aliphatic heterocycles. The predicted molar refractivity (Wildman–Crippen MR) is 83.9 cm³/mol. The molecule has 2 rings (SSSR count). The molecular formula is C15H16N2O2S2. The molecule has 1 atom stereocenters. The monoisotopic (exact) mass is 320 g/mol. The van der Waals surface area contributed by atoms with Gasteiger partial charge in [-0.3, -0.25) is 0 Å².